The summed E-state index contributed by atoms with van der Waals surface area (Å²) in [6, 6.07) is 22.2. The third-order valence-corrected chi connectivity index (χ3v) is 4.81. The summed E-state index contributed by atoms with van der Waals surface area (Å²) < 4.78 is 5.88. The van der Waals surface area contributed by atoms with Crippen LogP contribution in [0.15, 0.2) is 66.7 Å². The molecule has 0 bridgehead atoms. The molecule has 0 saturated heterocycles. The number of benzene rings is 3. The minimum atomic E-state index is 0.455. The molecule has 134 valence electrons. The van der Waals surface area contributed by atoms with Crippen LogP contribution in [-0.4, -0.2) is 0 Å². The molecule has 0 aliphatic carbocycles. The van der Waals surface area contributed by atoms with E-state index >= 15 is 0 Å². The summed E-state index contributed by atoms with van der Waals surface area (Å²) in [6.07, 6.45) is 0. The fraction of sp³-hybridized carbons (Fsp3) is 0.182. The van der Waals surface area contributed by atoms with E-state index in [1.807, 2.05) is 24.3 Å². The lowest BCUT2D eigenvalue weighted by Crippen LogP contribution is -2.12. The van der Waals surface area contributed by atoms with Gasteiger partial charge in [0, 0.05) is 13.1 Å². The molecule has 0 fully saturated rings. The summed E-state index contributed by atoms with van der Waals surface area (Å²) >= 11 is 12.0. The molecule has 3 aromatic rings. The first-order valence-corrected chi connectivity index (χ1v) is 9.28. The average molecular weight is 386 g/mol. The van der Waals surface area contributed by atoms with Gasteiger partial charge in [0.1, 0.15) is 12.4 Å². The molecule has 4 heteroatoms. The van der Waals surface area contributed by atoms with Crippen LogP contribution in [0.25, 0.3) is 0 Å². The van der Waals surface area contributed by atoms with Crippen LogP contribution >= 0.6 is 23.2 Å². The Kier molecular flexibility index (Phi) is 6.56. The second kappa shape index (κ2) is 9.09. The maximum Gasteiger partial charge on any atom is 0.120 e. The number of hydrogen-bond acceptors (Lipinski definition) is 2. The molecule has 1 N–H and O–H groups in total. The van der Waals surface area contributed by atoms with Crippen LogP contribution in [0.5, 0.6) is 5.75 Å². The Balaban J connectivity index is 1.52. The predicted molar refractivity (Wildman–Crippen MR) is 109 cm³/mol. The smallest absolute Gasteiger partial charge is 0.120 e. The van der Waals surface area contributed by atoms with Crippen molar-refractivity contribution in [3.63, 3.8) is 0 Å². The van der Waals surface area contributed by atoms with Crippen LogP contribution < -0.4 is 10.1 Å². The van der Waals surface area contributed by atoms with Gasteiger partial charge in [0.25, 0.3) is 0 Å². The highest BCUT2D eigenvalue weighted by molar-refractivity contribution is 6.42. The first-order valence-electron chi connectivity index (χ1n) is 8.52. The van der Waals surface area contributed by atoms with Crippen LogP contribution in [0.4, 0.5) is 0 Å². The highest BCUT2D eigenvalue weighted by Gasteiger charge is 2.02. The van der Waals surface area contributed by atoms with Gasteiger partial charge in [-0.25, -0.2) is 0 Å². The van der Waals surface area contributed by atoms with Gasteiger partial charge in [0.2, 0.25) is 0 Å². The van der Waals surface area contributed by atoms with Gasteiger partial charge in [-0.15, -0.1) is 0 Å². The molecule has 0 aromatic heterocycles. The Morgan fingerprint density at radius 3 is 2.27 bits per heavy atom. The van der Waals surface area contributed by atoms with Gasteiger partial charge in [-0.3, -0.25) is 0 Å². The molecule has 0 spiro atoms. The lowest BCUT2D eigenvalue weighted by atomic mass is 10.1. The molecular formula is C22H21Cl2NO. The van der Waals surface area contributed by atoms with Gasteiger partial charge >= 0.3 is 0 Å². The van der Waals surface area contributed by atoms with Crippen LogP contribution in [0.2, 0.25) is 10.0 Å². The number of aryl methyl sites for hydroxylation is 1. The minimum absolute atomic E-state index is 0.455. The van der Waals surface area contributed by atoms with Gasteiger partial charge in [-0.05, 0) is 47.9 Å². The van der Waals surface area contributed by atoms with Gasteiger partial charge in [0.05, 0.1) is 10.0 Å². The first-order chi connectivity index (χ1) is 12.6. The molecule has 3 aromatic carbocycles. The number of nitrogens with one attached hydrogen (secondary N) is 1. The van der Waals surface area contributed by atoms with E-state index in [2.05, 4.69) is 48.6 Å². The van der Waals surface area contributed by atoms with Crippen LogP contribution in [0.3, 0.4) is 0 Å². The SMILES string of the molecule is Cc1ccc(CNCc2cccc(OCc3ccc(Cl)c(Cl)c3)c2)cc1. The molecule has 0 heterocycles. The van der Waals surface area contributed by atoms with E-state index in [4.69, 9.17) is 27.9 Å². The van der Waals surface area contributed by atoms with Crippen LogP contribution in [0.1, 0.15) is 22.3 Å². The molecule has 0 amide bonds. The molecule has 26 heavy (non-hydrogen) atoms. The molecule has 2 nitrogen and oxygen atoms in total. The first kappa shape index (κ1) is 18.8. The summed E-state index contributed by atoms with van der Waals surface area (Å²) in [5.41, 5.74) is 4.73. The van der Waals surface area contributed by atoms with E-state index in [0.717, 1.165) is 24.4 Å². The Bertz CT molecular complexity index is 862. The summed E-state index contributed by atoms with van der Waals surface area (Å²) in [7, 11) is 0. The van der Waals surface area contributed by atoms with Crippen molar-refractivity contribution in [1.29, 1.82) is 0 Å². The minimum Gasteiger partial charge on any atom is -0.489 e. The lowest BCUT2D eigenvalue weighted by molar-refractivity contribution is 0.306. The Hall–Kier alpha value is -2.00. The quantitative estimate of drug-likeness (QED) is 0.524. The second-order valence-electron chi connectivity index (χ2n) is 6.27. The highest BCUT2D eigenvalue weighted by Crippen LogP contribution is 2.23. The summed E-state index contributed by atoms with van der Waals surface area (Å²) in [6.45, 7) is 4.18. The van der Waals surface area contributed by atoms with Crippen molar-refractivity contribution >= 4 is 23.2 Å². The third kappa shape index (κ3) is 5.50. The maximum absolute atomic E-state index is 6.04. The van der Waals surface area contributed by atoms with Gasteiger partial charge in [-0.2, -0.15) is 0 Å². The maximum atomic E-state index is 6.04. The zero-order chi connectivity index (χ0) is 18.4. The Morgan fingerprint density at radius 2 is 1.50 bits per heavy atom. The largest absolute Gasteiger partial charge is 0.489 e. The van der Waals surface area contributed by atoms with Crippen molar-refractivity contribution in [3.05, 3.63) is 99.0 Å². The second-order valence-corrected chi connectivity index (χ2v) is 7.09. The fourth-order valence-electron chi connectivity index (χ4n) is 2.60. The van der Waals surface area contributed by atoms with Crippen molar-refractivity contribution in [2.75, 3.05) is 0 Å². The topological polar surface area (TPSA) is 21.3 Å². The van der Waals surface area contributed by atoms with E-state index in [1.54, 1.807) is 6.07 Å². The van der Waals surface area contributed by atoms with E-state index in [9.17, 15) is 0 Å². The molecular weight excluding hydrogens is 365 g/mol. The number of rotatable bonds is 7. The monoisotopic (exact) mass is 385 g/mol. The van der Waals surface area contributed by atoms with Crippen molar-refractivity contribution in [3.8, 4) is 5.75 Å². The van der Waals surface area contributed by atoms with Crippen molar-refractivity contribution in [2.45, 2.75) is 26.6 Å². The molecule has 0 unspecified atom stereocenters. The normalized spacial score (nSPS) is 10.7. The molecule has 0 aliphatic rings. The van der Waals surface area contributed by atoms with Gasteiger partial charge < -0.3 is 10.1 Å². The fourth-order valence-corrected chi connectivity index (χ4v) is 2.92. The highest BCUT2D eigenvalue weighted by atomic mass is 35.5. The Morgan fingerprint density at radius 1 is 0.769 bits per heavy atom. The average Bonchev–Trinajstić information content (AvgIpc) is 2.65. The zero-order valence-corrected chi connectivity index (χ0v) is 16.1. The van der Waals surface area contributed by atoms with Gasteiger partial charge in [0.15, 0.2) is 0 Å². The van der Waals surface area contributed by atoms with Gasteiger partial charge in [-0.1, -0.05) is 71.2 Å². The molecule has 0 atom stereocenters. The van der Waals surface area contributed by atoms with Crippen LogP contribution in [-0.2, 0) is 19.7 Å². The van der Waals surface area contributed by atoms with E-state index in [-0.39, 0.29) is 0 Å². The number of hydrogen-bond donors (Lipinski definition) is 1. The zero-order valence-electron chi connectivity index (χ0n) is 14.6. The summed E-state index contributed by atoms with van der Waals surface area (Å²) in [5.74, 6) is 0.839. The lowest BCUT2D eigenvalue weighted by Gasteiger charge is -2.10. The third-order valence-electron chi connectivity index (χ3n) is 4.07. The van der Waals surface area contributed by atoms with Crippen molar-refractivity contribution in [2.24, 2.45) is 0 Å². The van der Waals surface area contributed by atoms with Crippen molar-refractivity contribution in [1.82, 2.24) is 5.32 Å². The Labute approximate surface area is 164 Å². The van der Waals surface area contributed by atoms with E-state index in [0.29, 0.717) is 16.7 Å². The summed E-state index contributed by atoms with van der Waals surface area (Å²) in [4.78, 5) is 0. The molecule has 3 rings (SSSR count). The molecule has 0 aliphatic heterocycles. The number of halogens is 2. The predicted octanol–water partition coefficient (Wildman–Crippen LogP) is 6.17. The molecule has 0 radical (unpaired) electrons. The summed E-state index contributed by atoms with van der Waals surface area (Å²) in [5, 5.41) is 4.56. The van der Waals surface area contributed by atoms with Crippen LogP contribution in [0, 0.1) is 6.92 Å². The van der Waals surface area contributed by atoms with E-state index < -0.39 is 0 Å². The molecule has 0 saturated carbocycles. The van der Waals surface area contributed by atoms with Crippen molar-refractivity contribution < 1.29 is 4.74 Å². The number of ether oxygens (including phenoxy) is 1. The van der Waals surface area contributed by atoms with E-state index in [1.165, 1.54) is 16.7 Å². The standard InChI is InChI=1S/C22H21Cl2NO/c1-16-5-7-17(8-6-16)13-25-14-18-3-2-4-20(11-18)26-15-19-9-10-21(23)22(24)12-19/h2-12,25H,13-15H2,1H3.